The lowest BCUT2D eigenvalue weighted by Crippen LogP contribution is -2.30. The second-order valence-electron chi connectivity index (χ2n) is 6.72. The van der Waals surface area contributed by atoms with Gasteiger partial charge in [0, 0.05) is 5.56 Å². The van der Waals surface area contributed by atoms with Crippen molar-refractivity contribution in [3.63, 3.8) is 0 Å². The molecule has 1 aromatic heterocycles. The fourth-order valence-corrected chi connectivity index (χ4v) is 3.13. The average Bonchev–Trinajstić information content (AvgIpc) is 2.63. The normalized spacial score (nSPS) is 11.9. The molecule has 0 fully saturated rings. The van der Waals surface area contributed by atoms with Gasteiger partial charge in [-0.25, -0.2) is 9.89 Å². The first-order chi connectivity index (χ1) is 12.7. The van der Waals surface area contributed by atoms with E-state index in [0.29, 0.717) is 29.7 Å². The predicted octanol–water partition coefficient (Wildman–Crippen LogP) is 3.25. The molecule has 6 nitrogen and oxygen atoms in total. The number of benzene rings is 1. The molecule has 1 N–H and O–H groups in total. The number of H-pyrrole nitrogens is 1. The van der Waals surface area contributed by atoms with Crippen LogP contribution in [0.4, 0.5) is 0 Å². The van der Waals surface area contributed by atoms with Gasteiger partial charge >= 0.3 is 5.97 Å². The summed E-state index contributed by atoms with van der Waals surface area (Å²) in [5, 5.41) is 6.33. The van der Waals surface area contributed by atoms with E-state index < -0.39 is 17.6 Å². The Morgan fingerprint density at radius 3 is 2.30 bits per heavy atom. The van der Waals surface area contributed by atoms with Crippen molar-refractivity contribution < 1.29 is 14.3 Å². The van der Waals surface area contributed by atoms with Crippen LogP contribution in [0.5, 0.6) is 0 Å². The summed E-state index contributed by atoms with van der Waals surface area (Å²) < 4.78 is 5.36. The smallest absolute Gasteiger partial charge is 0.344 e. The van der Waals surface area contributed by atoms with Gasteiger partial charge in [-0.05, 0) is 68.9 Å². The molecule has 0 aliphatic heterocycles. The molecule has 0 saturated carbocycles. The zero-order valence-electron chi connectivity index (χ0n) is 16.7. The summed E-state index contributed by atoms with van der Waals surface area (Å²) in [6, 6.07) is 3.75. The lowest BCUT2D eigenvalue weighted by atomic mass is 9.96. The molecule has 1 heterocycles. The summed E-state index contributed by atoms with van der Waals surface area (Å²) >= 11 is 0. The first-order valence-electron chi connectivity index (χ1n) is 9.14. The molecule has 2 rings (SSSR count). The molecule has 0 bridgehead atoms. The minimum atomic E-state index is -0.999. The van der Waals surface area contributed by atoms with E-state index in [1.807, 2.05) is 46.8 Å². The molecule has 2 aromatic rings. The summed E-state index contributed by atoms with van der Waals surface area (Å²) in [6.07, 6.45) is 0.0558. The van der Waals surface area contributed by atoms with Gasteiger partial charge in [0.05, 0.1) is 5.69 Å². The number of aromatic amines is 1. The fourth-order valence-electron chi connectivity index (χ4n) is 3.13. The summed E-state index contributed by atoms with van der Waals surface area (Å²) in [6.45, 7) is 11.0. The molecule has 6 heteroatoms. The maximum absolute atomic E-state index is 12.8. The molecule has 144 valence electrons. The third-order valence-corrected chi connectivity index (χ3v) is 4.82. The van der Waals surface area contributed by atoms with Crippen molar-refractivity contribution in [3.8, 4) is 0 Å². The third kappa shape index (κ3) is 4.15. The molecule has 0 unspecified atom stereocenters. The van der Waals surface area contributed by atoms with Gasteiger partial charge in [0.15, 0.2) is 6.10 Å². The molecular formula is C21H26N2O4. The van der Waals surface area contributed by atoms with Crippen LogP contribution in [-0.2, 0) is 17.6 Å². The van der Waals surface area contributed by atoms with Gasteiger partial charge in [-0.2, -0.15) is 5.10 Å². The van der Waals surface area contributed by atoms with E-state index >= 15 is 0 Å². The quantitative estimate of drug-likeness (QED) is 0.623. The average molecular weight is 370 g/mol. The SMILES string of the molecule is CCc1n[nH]c(=O)c(C(=O)O[C@@H](C)C(=O)c2cc(C)c(C)cc2C)c1CC. The minimum Gasteiger partial charge on any atom is -0.451 e. The third-order valence-electron chi connectivity index (χ3n) is 4.82. The van der Waals surface area contributed by atoms with E-state index in [1.165, 1.54) is 6.92 Å². The number of aryl methyl sites for hydroxylation is 4. The zero-order valence-corrected chi connectivity index (χ0v) is 16.7. The number of hydrogen-bond donors (Lipinski definition) is 1. The summed E-state index contributed by atoms with van der Waals surface area (Å²) in [5.74, 6) is -1.09. The Morgan fingerprint density at radius 1 is 1.07 bits per heavy atom. The van der Waals surface area contributed by atoms with Crippen LogP contribution >= 0.6 is 0 Å². The highest BCUT2D eigenvalue weighted by molar-refractivity contribution is 6.02. The van der Waals surface area contributed by atoms with Crippen LogP contribution in [0.3, 0.4) is 0 Å². The highest BCUT2D eigenvalue weighted by Gasteiger charge is 2.26. The maximum Gasteiger partial charge on any atom is 0.344 e. The molecular weight excluding hydrogens is 344 g/mol. The van der Waals surface area contributed by atoms with Crippen molar-refractivity contribution >= 4 is 11.8 Å². The van der Waals surface area contributed by atoms with Gasteiger partial charge in [-0.1, -0.05) is 19.9 Å². The van der Waals surface area contributed by atoms with E-state index in [-0.39, 0.29) is 11.3 Å². The number of hydrogen-bond acceptors (Lipinski definition) is 5. The Bertz CT molecular complexity index is 944. The molecule has 0 radical (unpaired) electrons. The standard InChI is InChI=1S/C21H26N2O4/c1-7-15-17(8-2)22-23-20(25)18(15)21(26)27-14(6)19(24)16-10-12(4)11(3)9-13(16)5/h9-10,14H,7-8H2,1-6H3,(H,23,25)/t14-/m0/s1. The number of nitrogens with one attached hydrogen (secondary N) is 1. The Balaban J connectivity index is 2.33. The van der Waals surface area contributed by atoms with Crippen LogP contribution in [0, 0.1) is 20.8 Å². The second kappa shape index (κ2) is 8.29. The zero-order chi connectivity index (χ0) is 20.3. The van der Waals surface area contributed by atoms with Crippen molar-refractivity contribution in [2.45, 2.75) is 60.5 Å². The Hall–Kier alpha value is -2.76. The van der Waals surface area contributed by atoms with E-state index in [2.05, 4.69) is 10.2 Å². The summed E-state index contributed by atoms with van der Waals surface area (Å²) in [4.78, 5) is 37.6. The number of rotatable bonds is 6. The number of ether oxygens (including phenoxy) is 1. The van der Waals surface area contributed by atoms with Crippen molar-refractivity contribution in [1.29, 1.82) is 0 Å². The van der Waals surface area contributed by atoms with Gasteiger partial charge in [-0.15, -0.1) is 0 Å². The Morgan fingerprint density at radius 2 is 1.70 bits per heavy atom. The number of carbonyl (C=O) groups excluding carboxylic acids is 2. The number of nitrogens with zero attached hydrogens (tertiary/aromatic N) is 1. The van der Waals surface area contributed by atoms with E-state index in [9.17, 15) is 14.4 Å². The minimum absolute atomic E-state index is 0.0687. The van der Waals surface area contributed by atoms with Crippen LogP contribution < -0.4 is 5.56 Å². The monoisotopic (exact) mass is 370 g/mol. The van der Waals surface area contributed by atoms with Crippen LogP contribution in [0.1, 0.15) is 69.4 Å². The summed E-state index contributed by atoms with van der Waals surface area (Å²) in [5.41, 5.74) is 3.98. The highest BCUT2D eigenvalue weighted by atomic mass is 16.5. The summed E-state index contributed by atoms with van der Waals surface area (Å²) in [7, 11) is 0. The molecule has 0 spiro atoms. The number of Topliss-reactive ketones (excluding diaryl/α,β-unsaturated/α-hetero) is 1. The first-order valence-corrected chi connectivity index (χ1v) is 9.14. The Kier molecular flexibility index (Phi) is 6.31. The highest BCUT2D eigenvalue weighted by Crippen LogP contribution is 2.19. The van der Waals surface area contributed by atoms with Crippen molar-refractivity contribution in [2.75, 3.05) is 0 Å². The molecule has 0 aliphatic rings. The number of carbonyl (C=O) groups is 2. The topological polar surface area (TPSA) is 89.1 Å². The van der Waals surface area contributed by atoms with E-state index in [0.717, 1.165) is 16.7 Å². The fraction of sp³-hybridized carbons (Fsp3) is 0.429. The van der Waals surface area contributed by atoms with Gasteiger partial charge in [0.2, 0.25) is 5.78 Å². The van der Waals surface area contributed by atoms with E-state index in [4.69, 9.17) is 4.74 Å². The van der Waals surface area contributed by atoms with Gasteiger partial charge in [-0.3, -0.25) is 9.59 Å². The van der Waals surface area contributed by atoms with Crippen molar-refractivity contribution in [1.82, 2.24) is 10.2 Å². The van der Waals surface area contributed by atoms with Crippen LogP contribution in [-0.4, -0.2) is 28.1 Å². The molecule has 27 heavy (non-hydrogen) atoms. The molecule has 1 atom stereocenters. The second-order valence-corrected chi connectivity index (χ2v) is 6.72. The van der Waals surface area contributed by atoms with Crippen LogP contribution in [0.25, 0.3) is 0 Å². The number of ketones is 1. The number of esters is 1. The maximum atomic E-state index is 12.8. The molecule has 1 aromatic carbocycles. The lowest BCUT2D eigenvalue weighted by molar-refractivity contribution is 0.0315. The molecule has 0 amide bonds. The lowest BCUT2D eigenvalue weighted by Gasteiger charge is -2.16. The predicted molar refractivity (Wildman–Crippen MR) is 103 cm³/mol. The van der Waals surface area contributed by atoms with E-state index in [1.54, 1.807) is 0 Å². The van der Waals surface area contributed by atoms with Crippen LogP contribution in [0.2, 0.25) is 0 Å². The van der Waals surface area contributed by atoms with Crippen molar-refractivity contribution in [3.05, 3.63) is 61.6 Å². The Labute approximate surface area is 159 Å². The van der Waals surface area contributed by atoms with Gasteiger partial charge in [0.1, 0.15) is 5.56 Å². The largest absolute Gasteiger partial charge is 0.451 e. The molecule has 0 aliphatic carbocycles. The van der Waals surface area contributed by atoms with Gasteiger partial charge < -0.3 is 4.74 Å². The van der Waals surface area contributed by atoms with Crippen molar-refractivity contribution in [2.24, 2.45) is 0 Å². The molecule has 0 saturated heterocycles. The van der Waals surface area contributed by atoms with Crippen LogP contribution in [0.15, 0.2) is 16.9 Å². The van der Waals surface area contributed by atoms with Gasteiger partial charge in [0.25, 0.3) is 5.56 Å². The first kappa shape index (κ1) is 20.6. The number of aromatic nitrogens is 2.